The fourth-order valence-corrected chi connectivity index (χ4v) is 3.85. The monoisotopic (exact) mass is 452 g/mol. The Bertz CT molecular complexity index is 1050. The molecule has 2 aromatic carbocycles. The summed E-state index contributed by atoms with van der Waals surface area (Å²) >= 11 is 1.37. The molecule has 0 fully saturated rings. The second-order valence-electron chi connectivity index (χ2n) is 7.82. The van der Waals surface area contributed by atoms with E-state index in [-0.39, 0.29) is 25.5 Å². The quantitative estimate of drug-likeness (QED) is 0.457. The molecule has 0 bridgehead atoms. The molecule has 0 saturated heterocycles. The predicted molar refractivity (Wildman–Crippen MR) is 125 cm³/mol. The number of ether oxygens (including phenoxy) is 2. The maximum absolute atomic E-state index is 12.1. The van der Waals surface area contributed by atoms with Crippen LogP contribution in [0.2, 0.25) is 0 Å². The van der Waals surface area contributed by atoms with Crippen molar-refractivity contribution in [3.8, 4) is 5.75 Å². The molecule has 0 saturated carbocycles. The molecule has 32 heavy (non-hydrogen) atoms. The fraction of sp³-hybridized carbons (Fsp3) is 0.320. The molecular formula is C25H28N2O4S. The second kappa shape index (κ2) is 11.4. The third-order valence-corrected chi connectivity index (χ3v) is 5.66. The minimum atomic E-state index is -0.462. The Morgan fingerprint density at radius 3 is 2.66 bits per heavy atom. The number of hydrogen-bond donors (Lipinski definition) is 1. The van der Waals surface area contributed by atoms with Crippen molar-refractivity contribution in [2.75, 3.05) is 6.61 Å². The van der Waals surface area contributed by atoms with Gasteiger partial charge in [-0.1, -0.05) is 56.3 Å². The Labute approximate surface area is 192 Å². The summed E-state index contributed by atoms with van der Waals surface area (Å²) < 4.78 is 11.0. The summed E-state index contributed by atoms with van der Waals surface area (Å²) in [5.74, 6) is 0.435. The summed E-state index contributed by atoms with van der Waals surface area (Å²) in [7, 11) is 0. The minimum Gasteiger partial charge on any atom is -0.482 e. The number of carbonyl (C=O) groups is 2. The first-order chi connectivity index (χ1) is 15.4. The molecule has 168 valence electrons. The number of amides is 1. The number of benzene rings is 2. The van der Waals surface area contributed by atoms with Gasteiger partial charge >= 0.3 is 5.97 Å². The first kappa shape index (κ1) is 23.5. The number of carbonyl (C=O) groups excluding carboxylic acids is 2. The minimum absolute atomic E-state index is 0.0508. The van der Waals surface area contributed by atoms with Gasteiger partial charge in [0.1, 0.15) is 17.4 Å². The fourth-order valence-electron chi connectivity index (χ4n) is 3.07. The summed E-state index contributed by atoms with van der Waals surface area (Å²) in [4.78, 5) is 28.6. The van der Waals surface area contributed by atoms with Gasteiger partial charge in [0.15, 0.2) is 6.61 Å². The predicted octanol–water partition coefficient (Wildman–Crippen LogP) is 4.56. The lowest BCUT2D eigenvalue weighted by Gasteiger charge is -2.14. The van der Waals surface area contributed by atoms with Crippen molar-refractivity contribution in [3.63, 3.8) is 0 Å². The molecule has 0 aliphatic rings. The SMILES string of the molecule is Cc1ccc(C(C)C)c(OCC(=O)OCc2csc(CC(=O)NCc3ccccc3)n2)c1. The van der Waals surface area contributed by atoms with Crippen molar-refractivity contribution in [2.45, 2.75) is 46.3 Å². The van der Waals surface area contributed by atoms with E-state index >= 15 is 0 Å². The number of aryl methyl sites for hydroxylation is 1. The van der Waals surface area contributed by atoms with Crippen molar-refractivity contribution in [1.82, 2.24) is 10.3 Å². The zero-order valence-electron chi connectivity index (χ0n) is 18.6. The van der Waals surface area contributed by atoms with Crippen LogP contribution in [0.3, 0.4) is 0 Å². The Balaban J connectivity index is 1.42. The Kier molecular flexibility index (Phi) is 8.39. The molecule has 1 heterocycles. The molecule has 0 aliphatic carbocycles. The first-order valence-electron chi connectivity index (χ1n) is 10.5. The smallest absolute Gasteiger partial charge is 0.344 e. The molecule has 3 aromatic rings. The number of thiazole rings is 1. The standard InChI is InChI=1S/C25H28N2O4S/c1-17(2)21-10-9-18(3)11-22(21)30-15-25(29)31-14-20-16-32-24(27-20)12-23(28)26-13-19-7-5-4-6-8-19/h4-11,16-17H,12-15H2,1-3H3,(H,26,28). The van der Waals surface area contributed by atoms with Gasteiger partial charge in [0.05, 0.1) is 12.1 Å². The second-order valence-corrected chi connectivity index (χ2v) is 8.76. The first-order valence-corrected chi connectivity index (χ1v) is 11.4. The van der Waals surface area contributed by atoms with Gasteiger partial charge in [-0.2, -0.15) is 0 Å². The molecule has 3 rings (SSSR count). The third kappa shape index (κ3) is 7.20. The van der Waals surface area contributed by atoms with Gasteiger partial charge in [-0.25, -0.2) is 9.78 Å². The van der Waals surface area contributed by atoms with Crippen LogP contribution in [-0.4, -0.2) is 23.5 Å². The van der Waals surface area contributed by atoms with Crippen molar-refractivity contribution in [2.24, 2.45) is 0 Å². The summed E-state index contributed by atoms with van der Waals surface area (Å²) in [6.07, 6.45) is 0.194. The molecule has 0 aliphatic heterocycles. The number of hydrogen-bond acceptors (Lipinski definition) is 6. The van der Waals surface area contributed by atoms with E-state index in [1.165, 1.54) is 11.3 Å². The van der Waals surface area contributed by atoms with Crippen molar-refractivity contribution < 1.29 is 19.1 Å². The summed E-state index contributed by atoms with van der Waals surface area (Å²) in [5, 5.41) is 5.36. The van der Waals surface area contributed by atoms with Gasteiger partial charge in [0.2, 0.25) is 5.91 Å². The average Bonchev–Trinajstić information content (AvgIpc) is 3.22. The molecule has 0 radical (unpaired) electrons. The zero-order valence-corrected chi connectivity index (χ0v) is 19.4. The van der Waals surface area contributed by atoms with Crippen LogP contribution in [0, 0.1) is 6.92 Å². The Morgan fingerprint density at radius 2 is 1.91 bits per heavy atom. The van der Waals surface area contributed by atoms with Gasteiger partial charge in [-0.3, -0.25) is 4.79 Å². The van der Waals surface area contributed by atoms with E-state index in [0.29, 0.717) is 28.9 Å². The van der Waals surface area contributed by atoms with E-state index in [4.69, 9.17) is 9.47 Å². The molecule has 1 aromatic heterocycles. The molecule has 1 amide bonds. The van der Waals surface area contributed by atoms with E-state index in [2.05, 4.69) is 24.1 Å². The van der Waals surface area contributed by atoms with E-state index in [0.717, 1.165) is 16.7 Å². The molecular weight excluding hydrogens is 424 g/mol. The average molecular weight is 453 g/mol. The largest absolute Gasteiger partial charge is 0.482 e. The van der Waals surface area contributed by atoms with Crippen LogP contribution < -0.4 is 10.1 Å². The topological polar surface area (TPSA) is 77.5 Å². The lowest BCUT2D eigenvalue weighted by atomic mass is 10.0. The molecule has 1 N–H and O–H groups in total. The van der Waals surface area contributed by atoms with Crippen LogP contribution in [0.1, 0.15) is 47.2 Å². The lowest BCUT2D eigenvalue weighted by Crippen LogP contribution is -2.24. The summed E-state index contributed by atoms with van der Waals surface area (Å²) in [5.41, 5.74) is 3.78. The van der Waals surface area contributed by atoms with Crippen molar-refractivity contribution in [3.05, 3.63) is 81.3 Å². The zero-order chi connectivity index (χ0) is 22.9. The molecule has 7 heteroatoms. The Hall–Kier alpha value is -3.19. The maximum atomic E-state index is 12.1. The highest BCUT2D eigenvalue weighted by molar-refractivity contribution is 7.09. The molecule has 6 nitrogen and oxygen atoms in total. The van der Waals surface area contributed by atoms with Gasteiger partial charge in [0, 0.05) is 11.9 Å². The van der Waals surface area contributed by atoms with E-state index in [1.807, 2.05) is 55.5 Å². The van der Waals surface area contributed by atoms with Gasteiger partial charge < -0.3 is 14.8 Å². The summed E-state index contributed by atoms with van der Waals surface area (Å²) in [6, 6.07) is 15.7. The Morgan fingerprint density at radius 1 is 1.12 bits per heavy atom. The van der Waals surface area contributed by atoms with Crippen LogP contribution in [0.25, 0.3) is 0 Å². The van der Waals surface area contributed by atoms with Crippen molar-refractivity contribution >= 4 is 23.2 Å². The summed E-state index contributed by atoms with van der Waals surface area (Å²) in [6.45, 7) is 6.51. The number of aromatic nitrogens is 1. The maximum Gasteiger partial charge on any atom is 0.344 e. The van der Waals surface area contributed by atoms with Crippen LogP contribution in [-0.2, 0) is 33.9 Å². The molecule has 0 spiro atoms. The highest BCUT2D eigenvalue weighted by atomic mass is 32.1. The van der Waals surface area contributed by atoms with E-state index in [1.54, 1.807) is 5.38 Å². The van der Waals surface area contributed by atoms with E-state index in [9.17, 15) is 9.59 Å². The van der Waals surface area contributed by atoms with Crippen LogP contribution in [0.4, 0.5) is 0 Å². The highest BCUT2D eigenvalue weighted by Gasteiger charge is 2.13. The normalized spacial score (nSPS) is 10.8. The number of nitrogens with zero attached hydrogens (tertiary/aromatic N) is 1. The van der Waals surface area contributed by atoms with Crippen LogP contribution >= 0.6 is 11.3 Å². The van der Waals surface area contributed by atoms with Gasteiger partial charge in [-0.15, -0.1) is 11.3 Å². The third-order valence-electron chi connectivity index (χ3n) is 4.76. The number of rotatable bonds is 10. The molecule has 0 unspecified atom stereocenters. The van der Waals surface area contributed by atoms with Gasteiger partial charge in [0.25, 0.3) is 0 Å². The van der Waals surface area contributed by atoms with Crippen molar-refractivity contribution in [1.29, 1.82) is 0 Å². The van der Waals surface area contributed by atoms with Gasteiger partial charge in [-0.05, 0) is 35.6 Å². The lowest BCUT2D eigenvalue weighted by molar-refractivity contribution is -0.147. The molecule has 0 atom stereocenters. The van der Waals surface area contributed by atoms with Crippen LogP contribution in [0.5, 0.6) is 5.75 Å². The number of nitrogens with one attached hydrogen (secondary N) is 1. The number of esters is 1. The van der Waals surface area contributed by atoms with E-state index < -0.39 is 5.97 Å². The van der Waals surface area contributed by atoms with Crippen LogP contribution in [0.15, 0.2) is 53.9 Å². The highest BCUT2D eigenvalue weighted by Crippen LogP contribution is 2.27.